The van der Waals surface area contributed by atoms with Crippen molar-refractivity contribution in [3.05, 3.63) is 71.3 Å². The van der Waals surface area contributed by atoms with Crippen molar-refractivity contribution in [2.75, 3.05) is 32.1 Å². The average Bonchev–Trinajstić information content (AvgIpc) is 3.35. The number of furan rings is 1. The molecule has 1 saturated heterocycles. The highest BCUT2D eigenvalue weighted by atomic mass is 32.2. The Bertz CT molecular complexity index is 1060. The summed E-state index contributed by atoms with van der Waals surface area (Å²) in [5, 5.41) is 3.65. The van der Waals surface area contributed by atoms with E-state index >= 15 is 0 Å². The molecule has 0 aliphatic carbocycles. The third-order valence-corrected chi connectivity index (χ3v) is 6.90. The fourth-order valence-electron chi connectivity index (χ4n) is 3.97. The van der Waals surface area contributed by atoms with Crippen molar-refractivity contribution < 1.29 is 9.21 Å². The van der Waals surface area contributed by atoms with Gasteiger partial charge in [0.25, 0.3) is 5.91 Å². The second kappa shape index (κ2) is 10.9. The number of aromatic nitrogens is 2. The second-order valence-corrected chi connectivity index (χ2v) is 9.49. The van der Waals surface area contributed by atoms with Crippen molar-refractivity contribution in [2.24, 2.45) is 0 Å². The lowest BCUT2D eigenvalue weighted by Crippen LogP contribution is -2.42. The molecule has 33 heavy (non-hydrogen) atoms. The lowest BCUT2D eigenvalue weighted by molar-refractivity contribution is 0.0948. The van der Waals surface area contributed by atoms with Gasteiger partial charge in [-0.05, 0) is 69.7 Å². The highest BCUT2D eigenvalue weighted by Gasteiger charge is 2.22. The molecule has 1 fully saturated rings. The van der Waals surface area contributed by atoms with Gasteiger partial charge in [-0.25, -0.2) is 9.97 Å². The van der Waals surface area contributed by atoms with Crippen LogP contribution in [0.5, 0.6) is 0 Å². The van der Waals surface area contributed by atoms with E-state index in [0.717, 1.165) is 53.9 Å². The topological polar surface area (TPSA) is 74.5 Å². The van der Waals surface area contributed by atoms with Crippen LogP contribution in [0.15, 0.2) is 58.3 Å². The van der Waals surface area contributed by atoms with Crippen molar-refractivity contribution in [1.29, 1.82) is 0 Å². The summed E-state index contributed by atoms with van der Waals surface area (Å²) in [5.41, 5.74) is 2.65. The molecule has 174 valence electrons. The molecule has 0 atom stereocenters. The highest BCUT2D eigenvalue weighted by molar-refractivity contribution is 7.98. The summed E-state index contributed by atoms with van der Waals surface area (Å²) in [4.78, 5) is 26.7. The smallest absolute Gasteiger partial charge is 0.251 e. The van der Waals surface area contributed by atoms with E-state index in [1.165, 1.54) is 0 Å². The number of anilines is 1. The number of amides is 1. The molecule has 0 unspecified atom stereocenters. The molecule has 1 aromatic carbocycles. The molecule has 2 aromatic heterocycles. The van der Waals surface area contributed by atoms with E-state index in [-0.39, 0.29) is 5.91 Å². The average molecular weight is 466 g/mol. The molecule has 0 radical (unpaired) electrons. The van der Waals surface area contributed by atoms with E-state index in [1.54, 1.807) is 18.0 Å². The van der Waals surface area contributed by atoms with E-state index in [1.807, 2.05) is 43.3 Å². The minimum Gasteiger partial charge on any atom is -0.467 e. The first kappa shape index (κ1) is 23.3. The maximum absolute atomic E-state index is 12.5. The maximum atomic E-state index is 12.5. The molecule has 0 bridgehead atoms. The van der Waals surface area contributed by atoms with Gasteiger partial charge in [0.15, 0.2) is 5.16 Å². The molecule has 3 heterocycles. The van der Waals surface area contributed by atoms with E-state index in [2.05, 4.69) is 40.3 Å². The number of carbonyl (C=O) groups excluding carboxylic acids is 1. The van der Waals surface area contributed by atoms with Crippen LogP contribution in [-0.4, -0.2) is 54.0 Å². The summed E-state index contributed by atoms with van der Waals surface area (Å²) in [6, 6.07) is 13.9. The van der Waals surface area contributed by atoms with Gasteiger partial charge in [0.1, 0.15) is 11.6 Å². The Morgan fingerprint density at radius 2 is 2.03 bits per heavy atom. The van der Waals surface area contributed by atoms with Crippen molar-refractivity contribution in [1.82, 2.24) is 20.2 Å². The summed E-state index contributed by atoms with van der Waals surface area (Å²) < 4.78 is 5.27. The number of nitrogens with zero attached hydrogens (tertiary/aromatic N) is 4. The van der Waals surface area contributed by atoms with Crippen LogP contribution in [0.4, 0.5) is 5.82 Å². The molecular formula is C25H31N5O2S. The molecule has 3 aromatic rings. The minimum absolute atomic E-state index is 0.118. The number of aryl methyl sites for hydroxylation is 1. The van der Waals surface area contributed by atoms with Crippen LogP contribution >= 0.6 is 11.8 Å². The Labute approximate surface area is 199 Å². The van der Waals surface area contributed by atoms with Gasteiger partial charge in [0.2, 0.25) is 0 Å². The number of nitrogens with one attached hydrogen (secondary N) is 1. The second-order valence-electron chi connectivity index (χ2n) is 8.55. The maximum Gasteiger partial charge on any atom is 0.251 e. The number of thioether (sulfide) groups is 1. The van der Waals surface area contributed by atoms with Crippen LogP contribution in [0.3, 0.4) is 0 Å². The van der Waals surface area contributed by atoms with Crippen LogP contribution in [0.2, 0.25) is 0 Å². The molecule has 8 heteroatoms. The van der Waals surface area contributed by atoms with Gasteiger partial charge in [-0.15, -0.1) is 0 Å². The highest BCUT2D eigenvalue weighted by Crippen LogP contribution is 2.25. The number of rotatable bonds is 8. The number of likely N-dealkylation sites (tertiary alicyclic amines) is 1. The van der Waals surface area contributed by atoms with E-state index in [9.17, 15) is 4.79 Å². The molecule has 1 aliphatic heterocycles. The molecule has 7 nitrogen and oxygen atoms in total. The summed E-state index contributed by atoms with van der Waals surface area (Å²) in [7, 11) is 4.31. The molecule has 4 rings (SSSR count). The third-order valence-electron chi connectivity index (χ3n) is 5.98. The SMILES string of the molecule is Cc1cc(N(C)C2CCN(C)CC2)nc(SCc2cccc(C(=O)NCc3ccco3)c2)n1. The van der Waals surface area contributed by atoms with Crippen LogP contribution in [0.1, 0.15) is 40.2 Å². The van der Waals surface area contributed by atoms with Crippen LogP contribution in [-0.2, 0) is 12.3 Å². The van der Waals surface area contributed by atoms with Gasteiger partial charge in [-0.1, -0.05) is 23.9 Å². The lowest BCUT2D eigenvalue weighted by atomic mass is 10.0. The summed E-state index contributed by atoms with van der Waals surface area (Å²) >= 11 is 1.59. The first-order chi connectivity index (χ1) is 16.0. The van der Waals surface area contributed by atoms with E-state index in [4.69, 9.17) is 9.40 Å². The fourth-order valence-corrected chi connectivity index (χ4v) is 4.81. The number of piperidine rings is 1. The summed E-state index contributed by atoms with van der Waals surface area (Å²) in [6.07, 6.45) is 3.89. The van der Waals surface area contributed by atoms with Crippen LogP contribution in [0.25, 0.3) is 0 Å². The predicted molar refractivity (Wildman–Crippen MR) is 132 cm³/mol. The predicted octanol–water partition coefficient (Wildman–Crippen LogP) is 4.13. The first-order valence-corrected chi connectivity index (χ1v) is 12.3. The van der Waals surface area contributed by atoms with Gasteiger partial charge in [0, 0.05) is 36.2 Å². The Morgan fingerprint density at radius 3 is 2.79 bits per heavy atom. The zero-order valence-corrected chi connectivity index (χ0v) is 20.3. The lowest BCUT2D eigenvalue weighted by Gasteiger charge is -2.35. The minimum atomic E-state index is -0.118. The van der Waals surface area contributed by atoms with Crippen LogP contribution < -0.4 is 10.2 Å². The number of carbonyl (C=O) groups is 1. The Hall–Kier alpha value is -2.84. The van der Waals surface area contributed by atoms with Gasteiger partial charge in [-0.2, -0.15) is 0 Å². The first-order valence-electron chi connectivity index (χ1n) is 11.3. The molecule has 1 N–H and O–H groups in total. The van der Waals surface area contributed by atoms with Gasteiger partial charge < -0.3 is 19.5 Å². The Morgan fingerprint density at radius 1 is 1.21 bits per heavy atom. The van der Waals surface area contributed by atoms with Crippen LogP contribution in [0, 0.1) is 6.92 Å². The van der Waals surface area contributed by atoms with Gasteiger partial charge in [0.05, 0.1) is 12.8 Å². The monoisotopic (exact) mass is 465 g/mol. The number of hydrogen-bond acceptors (Lipinski definition) is 7. The van der Waals surface area contributed by atoms with Crippen molar-refractivity contribution in [3.63, 3.8) is 0 Å². The van der Waals surface area contributed by atoms with E-state index < -0.39 is 0 Å². The standard InChI is InChI=1S/C25H31N5O2S/c1-18-14-23(30(3)21-9-11-29(2)12-10-21)28-25(27-18)33-17-19-6-4-7-20(15-19)24(31)26-16-22-8-5-13-32-22/h4-8,13-15,21H,9-12,16-17H2,1-3H3,(H,26,31). The Balaban J connectivity index is 1.37. The molecule has 0 spiro atoms. The summed E-state index contributed by atoms with van der Waals surface area (Å²) in [5.74, 6) is 2.28. The largest absolute Gasteiger partial charge is 0.467 e. The van der Waals surface area contributed by atoms with Crippen molar-refractivity contribution in [2.45, 2.75) is 43.3 Å². The number of hydrogen-bond donors (Lipinski definition) is 1. The molecule has 1 aliphatic rings. The third kappa shape index (κ3) is 6.36. The van der Waals surface area contributed by atoms with Gasteiger partial charge in [-0.3, -0.25) is 4.79 Å². The normalized spacial score (nSPS) is 14.9. The fraction of sp³-hybridized carbons (Fsp3) is 0.400. The zero-order chi connectivity index (χ0) is 23.2. The van der Waals surface area contributed by atoms with Gasteiger partial charge >= 0.3 is 0 Å². The molecular weight excluding hydrogens is 434 g/mol. The Kier molecular flexibility index (Phi) is 7.67. The van der Waals surface area contributed by atoms with Crippen molar-refractivity contribution >= 4 is 23.5 Å². The zero-order valence-electron chi connectivity index (χ0n) is 19.5. The van der Waals surface area contributed by atoms with E-state index in [0.29, 0.717) is 23.9 Å². The molecule has 0 saturated carbocycles. The summed E-state index contributed by atoms with van der Waals surface area (Å²) in [6.45, 7) is 4.62. The van der Waals surface area contributed by atoms with Crippen molar-refractivity contribution in [3.8, 4) is 0 Å². The quantitative estimate of drug-likeness (QED) is 0.396. The number of benzene rings is 1. The molecule has 1 amide bonds.